The van der Waals surface area contributed by atoms with Gasteiger partial charge in [-0.15, -0.1) is 0 Å². The summed E-state index contributed by atoms with van der Waals surface area (Å²) in [6, 6.07) is 16.5. The summed E-state index contributed by atoms with van der Waals surface area (Å²) < 4.78 is 36.8. The predicted molar refractivity (Wildman–Crippen MR) is 240 cm³/mol. The summed E-state index contributed by atoms with van der Waals surface area (Å²) in [7, 11) is -2.90. The van der Waals surface area contributed by atoms with E-state index in [0.717, 1.165) is 4.90 Å². The third kappa shape index (κ3) is 11.9. The second kappa shape index (κ2) is 21.3. The Labute approximate surface area is 371 Å². The molecule has 1 saturated heterocycles. The molecule has 340 valence electrons. The standard InChI is InChI=1S/C44H60N7O10PSi/c1-29(2)51(30(3)4)62(58-25-22-45-8)60-38-37(61-63(10,11)44(5,6)7)34(59-42(38)49-23-21-35(47-43(49)56)46-39(53)31-17-13-12-14-18-31)28-57-26-24-48(9)36(52)27-50-40(54)32-19-15-16-20-33(32)41(50)55/h12-21,23,29-30,34,37-38,42H,22,24-28H2,1-7,9-11H3,(H,46,47,53,56)/t34-,37+,38?,42-,62?/m1/s1. The summed E-state index contributed by atoms with van der Waals surface area (Å²) in [6.07, 6.45) is -2.18. The van der Waals surface area contributed by atoms with E-state index in [2.05, 4.69) is 53.7 Å². The lowest BCUT2D eigenvalue weighted by Gasteiger charge is -2.42. The van der Waals surface area contributed by atoms with Crippen molar-refractivity contribution < 1.29 is 42.1 Å². The Kier molecular flexibility index (Phi) is 16.7. The number of nitrogens with one attached hydrogen (secondary N) is 1. The topological polar surface area (TPSA) is 175 Å². The van der Waals surface area contributed by atoms with Crippen LogP contribution in [-0.2, 0) is 27.7 Å². The smallest absolute Gasteiger partial charge is 0.351 e. The van der Waals surface area contributed by atoms with Crippen LogP contribution in [0, 0.1) is 6.57 Å². The Bertz CT molecular complexity index is 2150. The second-order valence-electron chi connectivity index (χ2n) is 17.5. The van der Waals surface area contributed by atoms with Crippen molar-refractivity contribution in [1.29, 1.82) is 0 Å². The molecule has 2 aliphatic rings. The highest BCUT2D eigenvalue weighted by molar-refractivity contribution is 7.44. The van der Waals surface area contributed by atoms with Gasteiger partial charge in [-0.3, -0.25) is 28.6 Å². The van der Waals surface area contributed by atoms with E-state index in [1.54, 1.807) is 61.6 Å². The number of amides is 4. The van der Waals surface area contributed by atoms with Crippen molar-refractivity contribution in [3.8, 4) is 0 Å². The average Bonchev–Trinajstić information content (AvgIpc) is 3.67. The number of carbonyl (C=O) groups is 4. The number of fused-ring (bicyclic) bond motifs is 1. The highest BCUT2D eigenvalue weighted by Crippen LogP contribution is 2.52. The molecule has 1 fully saturated rings. The minimum atomic E-state index is -2.61. The molecule has 5 atom stereocenters. The molecule has 0 radical (unpaired) electrons. The zero-order valence-electron chi connectivity index (χ0n) is 37.8. The highest BCUT2D eigenvalue weighted by atomic mass is 31.2. The minimum absolute atomic E-state index is 0.0297. The van der Waals surface area contributed by atoms with Gasteiger partial charge in [0.25, 0.3) is 26.2 Å². The maximum Gasteiger partial charge on any atom is 0.351 e. The minimum Gasteiger partial charge on any atom is -0.408 e. The average molecular weight is 906 g/mol. The van der Waals surface area contributed by atoms with Crippen molar-refractivity contribution in [1.82, 2.24) is 24.0 Å². The van der Waals surface area contributed by atoms with Gasteiger partial charge in [0.2, 0.25) is 12.5 Å². The number of imide groups is 1. The molecular weight excluding hydrogens is 846 g/mol. The molecule has 3 aromatic rings. The van der Waals surface area contributed by atoms with Gasteiger partial charge < -0.3 is 38.0 Å². The van der Waals surface area contributed by atoms with E-state index < -0.39 is 77.2 Å². The lowest BCUT2D eigenvalue weighted by molar-refractivity contribution is -0.131. The number of rotatable bonds is 20. The normalized spacial score (nSPS) is 19.5. The fourth-order valence-electron chi connectivity index (χ4n) is 6.85. The van der Waals surface area contributed by atoms with E-state index >= 15 is 0 Å². The molecule has 2 unspecified atom stereocenters. The van der Waals surface area contributed by atoms with Crippen LogP contribution in [0.3, 0.4) is 0 Å². The first-order valence-corrected chi connectivity index (χ1v) is 25.1. The van der Waals surface area contributed by atoms with Gasteiger partial charge in [0.05, 0.1) is 24.3 Å². The summed E-state index contributed by atoms with van der Waals surface area (Å²) in [5.74, 6) is -1.86. The monoisotopic (exact) mass is 905 g/mol. The van der Waals surface area contributed by atoms with Gasteiger partial charge in [-0.05, 0) is 76.2 Å². The zero-order chi connectivity index (χ0) is 46.2. The lowest BCUT2D eigenvalue weighted by atomic mass is 10.1. The lowest BCUT2D eigenvalue weighted by Crippen LogP contribution is -2.51. The molecule has 2 aliphatic heterocycles. The molecular formula is C44H60N7O10PSi. The Hall–Kier alpha value is -4.70. The summed E-state index contributed by atoms with van der Waals surface area (Å²) in [5, 5.41) is 2.44. The second-order valence-corrected chi connectivity index (χ2v) is 23.6. The van der Waals surface area contributed by atoms with Crippen LogP contribution in [0.25, 0.3) is 4.85 Å². The zero-order valence-corrected chi connectivity index (χ0v) is 39.7. The Morgan fingerprint density at radius 3 is 2.14 bits per heavy atom. The molecule has 4 amide bonds. The van der Waals surface area contributed by atoms with Crippen LogP contribution in [0.4, 0.5) is 5.82 Å². The first kappa shape index (κ1) is 49.3. The van der Waals surface area contributed by atoms with Crippen LogP contribution in [0.1, 0.15) is 85.8 Å². The number of likely N-dealkylation sites (N-methyl/N-ethyl adjacent to an activating group) is 1. The number of ether oxygens (including phenoxy) is 2. The van der Waals surface area contributed by atoms with Gasteiger partial charge in [0.15, 0.2) is 14.5 Å². The SMILES string of the molecule is [C-]#[N+]CCOP(OC1[C@@H](O[Si](C)(C)C(C)(C)C)[C@@H](COCCN(C)C(=O)CN2C(=O)c3ccccc3C2=O)O[C@H]1n1ccc(NC(=O)c2ccccc2)nc1=O)N(C(C)C)C(C)C. The fraction of sp³-hybridized carbons (Fsp3) is 0.523. The largest absolute Gasteiger partial charge is 0.408 e. The van der Waals surface area contributed by atoms with Gasteiger partial charge in [-0.25, -0.2) is 16.0 Å². The third-order valence-electron chi connectivity index (χ3n) is 11.2. The van der Waals surface area contributed by atoms with Crippen LogP contribution >= 0.6 is 8.53 Å². The van der Waals surface area contributed by atoms with Crippen molar-refractivity contribution >= 4 is 46.3 Å². The van der Waals surface area contributed by atoms with Crippen molar-refractivity contribution in [2.24, 2.45) is 0 Å². The van der Waals surface area contributed by atoms with E-state index in [0.29, 0.717) is 5.56 Å². The van der Waals surface area contributed by atoms with Crippen molar-refractivity contribution in [3.63, 3.8) is 0 Å². The molecule has 0 aliphatic carbocycles. The molecule has 0 spiro atoms. The number of hydrogen-bond acceptors (Lipinski definition) is 12. The molecule has 63 heavy (non-hydrogen) atoms. The van der Waals surface area contributed by atoms with Crippen LogP contribution in [0.5, 0.6) is 0 Å². The van der Waals surface area contributed by atoms with E-state index in [1.807, 2.05) is 27.7 Å². The molecule has 1 aromatic heterocycles. The summed E-state index contributed by atoms with van der Waals surface area (Å²) in [4.78, 5) is 76.0. The summed E-state index contributed by atoms with van der Waals surface area (Å²) in [6.45, 7) is 26.0. The number of anilines is 1. The van der Waals surface area contributed by atoms with E-state index in [1.165, 1.54) is 21.7 Å². The van der Waals surface area contributed by atoms with Gasteiger partial charge in [-0.2, -0.15) is 4.98 Å². The van der Waals surface area contributed by atoms with Gasteiger partial charge in [-0.1, -0.05) is 51.1 Å². The third-order valence-corrected chi connectivity index (χ3v) is 17.8. The summed E-state index contributed by atoms with van der Waals surface area (Å²) >= 11 is 0. The molecule has 3 heterocycles. The van der Waals surface area contributed by atoms with E-state index in [4.69, 9.17) is 29.5 Å². The number of aromatic nitrogens is 2. The Morgan fingerprint density at radius 2 is 1.57 bits per heavy atom. The van der Waals surface area contributed by atoms with E-state index in [9.17, 15) is 24.0 Å². The van der Waals surface area contributed by atoms with Crippen molar-refractivity contribution in [3.05, 3.63) is 105 Å². The maximum absolute atomic E-state index is 14.0. The van der Waals surface area contributed by atoms with Crippen LogP contribution < -0.4 is 11.0 Å². The first-order valence-electron chi connectivity index (χ1n) is 21.0. The quantitative estimate of drug-likeness (QED) is 0.0446. The fourth-order valence-corrected chi connectivity index (χ4v) is 9.90. The Morgan fingerprint density at radius 1 is 0.952 bits per heavy atom. The van der Waals surface area contributed by atoms with Crippen LogP contribution in [0.15, 0.2) is 71.7 Å². The molecule has 5 rings (SSSR count). The van der Waals surface area contributed by atoms with Gasteiger partial charge in [0.1, 0.15) is 37.3 Å². The number of nitrogens with zero attached hydrogens (tertiary/aromatic N) is 6. The van der Waals surface area contributed by atoms with Crippen molar-refractivity contribution in [2.75, 3.05) is 51.8 Å². The molecule has 2 aromatic carbocycles. The van der Waals surface area contributed by atoms with Crippen LogP contribution in [-0.4, -0.2) is 133 Å². The molecule has 0 saturated carbocycles. The maximum atomic E-state index is 14.0. The summed E-state index contributed by atoms with van der Waals surface area (Å²) in [5.41, 5.74) is 0.211. The number of hydrogen-bond donors (Lipinski definition) is 1. The van der Waals surface area contributed by atoms with E-state index in [-0.39, 0.29) is 67.0 Å². The predicted octanol–water partition coefficient (Wildman–Crippen LogP) is 6.22. The van der Waals surface area contributed by atoms with Gasteiger partial charge in [0, 0.05) is 37.4 Å². The molecule has 17 nitrogen and oxygen atoms in total. The van der Waals surface area contributed by atoms with Gasteiger partial charge >= 0.3 is 5.69 Å². The number of benzene rings is 2. The number of carbonyl (C=O) groups excluding carboxylic acids is 4. The Balaban J connectivity index is 1.42. The van der Waals surface area contributed by atoms with Crippen LogP contribution in [0.2, 0.25) is 18.1 Å². The first-order chi connectivity index (χ1) is 29.7. The van der Waals surface area contributed by atoms with Crippen molar-refractivity contribution in [2.45, 2.75) is 103 Å². The molecule has 1 N–H and O–H groups in total. The molecule has 0 bridgehead atoms. The highest BCUT2D eigenvalue weighted by Gasteiger charge is 2.53. The molecule has 19 heteroatoms.